The van der Waals surface area contributed by atoms with E-state index in [1.54, 1.807) is 0 Å². The van der Waals surface area contributed by atoms with Crippen LogP contribution in [0.15, 0.2) is 49.6 Å². The number of hydrogen-bond donors (Lipinski definition) is 0. The molecule has 2 aromatic rings. The molecule has 38 heavy (non-hydrogen) atoms. The molecule has 0 saturated heterocycles. The number of rotatable bonds is 4. The van der Waals surface area contributed by atoms with E-state index in [9.17, 15) is 0 Å². The van der Waals surface area contributed by atoms with Crippen molar-refractivity contribution in [3.8, 4) is 22.6 Å². The van der Waals surface area contributed by atoms with Gasteiger partial charge in [-0.05, 0) is 55.9 Å². The van der Waals surface area contributed by atoms with Crippen molar-refractivity contribution in [3.05, 3.63) is 60.7 Å². The molecule has 0 atom stereocenters. The van der Waals surface area contributed by atoms with Crippen LogP contribution in [0.5, 0.6) is 11.5 Å². The van der Waals surface area contributed by atoms with E-state index in [1.807, 2.05) is 37.3 Å². The second kappa shape index (κ2) is 15.1. The molecule has 0 aliphatic carbocycles. The molecular weight excluding hydrogens is 500 g/mol. The molecule has 0 saturated carbocycles. The predicted molar refractivity (Wildman–Crippen MR) is 154 cm³/mol. The summed E-state index contributed by atoms with van der Waals surface area (Å²) in [5, 5.41) is 0. The quantitative estimate of drug-likeness (QED) is 0.344. The van der Waals surface area contributed by atoms with Crippen molar-refractivity contribution in [1.29, 1.82) is 0 Å². The van der Waals surface area contributed by atoms with Crippen molar-refractivity contribution in [2.24, 2.45) is 0 Å². The largest absolute Gasteiger partial charge is 0.544 e. The van der Waals surface area contributed by atoms with Gasteiger partial charge >= 0.3 is 0 Å². The zero-order valence-electron chi connectivity index (χ0n) is 23.3. The molecule has 0 N–H and O–H groups in total. The van der Waals surface area contributed by atoms with Crippen LogP contribution in [0.1, 0.15) is 18.1 Å². The summed E-state index contributed by atoms with van der Waals surface area (Å²) in [4.78, 5) is 0. The van der Waals surface area contributed by atoms with Gasteiger partial charge in [-0.25, -0.2) is 0 Å². The minimum atomic E-state index is -1.80. The molecule has 7 nitrogen and oxygen atoms in total. The highest BCUT2D eigenvalue weighted by Crippen LogP contribution is 2.37. The molecule has 1 aliphatic rings. The summed E-state index contributed by atoms with van der Waals surface area (Å²) in [6.45, 7) is 21.4. The number of fused-ring (bicyclic) bond motifs is 4. The van der Waals surface area contributed by atoms with E-state index in [1.165, 1.54) is 0 Å². The second-order valence-corrected chi connectivity index (χ2v) is 14.4. The lowest BCUT2D eigenvalue weighted by Crippen LogP contribution is -2.24. The second-order valence-electron chi connectivity index (χ2n) is 9.99. The van der Waals surface area contributed by atoms with E-state index >= 15 is 0 Å². The van der Waals surface area contributed by atoms with Gasteiger partial charge in [0, 0.05) is 16.7 Å². The first-order valence-corrected chi connectivity index (χ1v) is 16.5. The van der Waals surface area contributed by atoms with Crippen molar-refractivity contribution in [2.45, 2.75) is 26.6 Å². The van der Waals surface area contributed by atoms with Crippen molar-refractivity contribution in [3.63, 3.8) is 0 Å². The van der Waals surface area contributed by atoms with Gasteiger partial charge in [-0.1, -0.05) is 31.4 Å². The van der Waals surface area contributed by atoms with E-state index in [0.717, 1.165) is 39.3 Å². The molecule has 0 amide bonds. The zero-order chi connectivity index (χ0) is 27.4. The first kappa shape index (κ1) is 29.9. The molecule has 2 aromatic carbocycles. The normalized spacial score (nSPS) is 16.6. The zero-order valence-corrected chi connectivity index (χ0v) is 24.3. The Hall–Kier alpha value is -2.62. The Morgan fingerprint density at radius 1 is 0.684 bits per heavy atom. The Kier molecular flexibility index (Phi) is 11.9. The number of hydrogen-bond acceptors (Lipinski definition) is 7. The average Bonchev–Trinajstić information content (AvgIpc) is 2.86. The molecule has 0 fully saturated rings. The smallest absolute Gasteiger partial charge is 0.242 e. The third-order valence-corrected chi connectivity index (χ3v) is 6.43. The van der Waals surface area contributed by atoms with Gasteiger partial charge in [0.1, 0.15) is 30.5 Å². The lowest BCUT2D eigenvalue weighted by Gasteiger charge is -2.22. The summed E-state index contributed by atoms with van der Waals surface area (Å²) in [7, 11) is -1.80. The fraction of sp³-hybridized carbons (Fsp3) is 0.467. The summed E-state index contributed by atoms with van der Waals surface area (Å²) in [6, 6.07) is 12.2. The van der Waals surface area contributed by atoms with Gasteiger partial charge in [0.05, 0.1) is 52.9 Å². The van der Waals surface area contributed by atoms with Crippen LogP contribution in [-0.2, 0) is 23.4 Å². The van der Waals surface area contributed by atoms with Crippen molar-refractivity contribution in [1.82, 2.24) is 0 Å². The standard InChI is InChI=1S/C30H42O7Si/c1-23(2)27-9-8-26-22-29(27)35-19-17-33-15-13-31-11-12-32-14-16-34-18-20-36-30-21-25(7-10-28(26)30)24(3)37-38(4,5)6/h7-10,21-22H,1,3,11-20H2,2,4-6H3. The molecule has 2 bridgehead atoms. The van der Waals surface area contributed by atoms with E-state index in [4.69, 9.17) is 32.8 Å². The number of ether oxygens (including phenoxy) is 6. The van der Waals surface area contributed by atoms with E-state index in [2.05, 4.69) is 38.9 Å². The van der Waals surface area contributed by atoms with Crippen LogP contribution in [0.2, 0.25) is 19.6 Å². The summed E-state index contributed by atoms with van der Waals surface area (Å²) < 4.78 is 40.9. The minimum absolute atomic E-state index is 0.394. The van der Waals surface area contributed by atoms with Gasteiger partial charge in [0.2, 0.25) is 8.32 Å². The Labute approximate surface area is 228 Å². The molecule has 0 radical (unpaired) electrons. The van der Waals surface area contributed by atoms with Crippen LogP contribution in [0, 0.1) is 0 Å². The maximum absolute atomic E-state index is 6.23. The Morgan fingerprint density at radius 3 is 1.74 bits per heavy atom. The van der Waals surface area contributed by atoms with E-state index < -0.39 is 8.32 Å². The average molecular weight is 543 g/mol. The third kappa shape index (κ3) is 9.92. The molecule has 0 aromatic heterocycles. The van der Waals surface area contributed by atoms with Gasteiger partial charge in [-0.15, -0.1) is 0 Å². The minimum Gasteiger partial charge on any atom is -0.544 e. The predicted octanol–water partition coefficient (Wildman–Crippen LogP) is 6.05. The highest BCUT2D eigenvalue weighted by molar-refractivity contribution is 6.70. The summed E-state index contributed by atoms with van der Waals surface area (Å²) in [6.07, 6.45) is 0. The van der Waals surface area contributed by atoms with Crippen LogP contribution < -0.4 is 9.47 Å². The molecule has 1 heterocycles. The summed E-state index contributed by atoms with van der Waals surface area (Å²) in [5.41, 5.74) is 4.69. The first-order valence-electron chi connectivity index (χ1n) is 13.1. The number of benzene rings is 2. The molecule has 0 spiro atoms. The fourth-order valence-corrected chi connectivity index (χ4v) is 4.68. The van der Waals surface area contributed by atoms with Crippen molar-refractivity contribution < 1.29 is 32.8 Å². The molecule has 8 heteroatoms. The van der Waals surface area contributed by atoms with Gasteiger partial charge in [0.15, 0.2) is 0 Å². The lowest BCUT2D eigenvalue weighted by atomic mass is 9.98. The monoisotopic (exact) mass is 542 g/mol. The highest BCUT2D eigenvalue weighted by Gasteiger charge is 2.19. The molecular formula is C30H42O7Si. The van der Waals surface area contributed by atoms with Crippen LogP contribution in [0.3, 0.4) is 0 Å². The molecule has 0 unspecified atom stereocenters. The Bertz CT molecular complexity index is 1060. The van der Waals surface area contributed by atoms with Gasteiger partial charge in [-0.3, -0.25) is 0 Å². The van der Waals surface area contributed by atoms with E-state index in [-0.39, 0.29) is 0 Å². The topological polar surface area (TPSA) is 64.6 Å². The van der Waals surface area contributed by atoms with Crippen molar-refractivity contribution in [2.75, 3.05) is 66.1 Å². The molecule has 208 valence electrons. The third-order valence-electron chi connectivity index (χ3n) is 5.57. The number of allylic oxidation sites excluding steroid dienone is 1. The van der Waals surface area contributed by atoms with Gasteiger partial charge in [0.25, 0.3) is 0 Å². The lowest BCUT2D eigenvalue weighted by molar-refractivity contribution is -0.00695. The SMILES string of the molecule is C=C(O[Si](C)(C)C)c1ccc2c(c1)OCCOCCOCCOCCOCCOc1cc-2ccc1C(=C)C. The van der Waals surface area contributed by atoms with Gasteiger partial charge < -0.3 is 32.8 Å². The van der Waals surface area contributed by atoms with Crippen molar-refractivity contribution >= 4 is 19.6 Å². The van der Waals surface area contributed by atoms with Crippen LogP contribution in [0.4, 0.5) is 0 Å². The van der Waals surface area contributed by atoms with Crippen LogP contribution in [0.25, 0.3) is 22.5 Å². The Morgan fingerprint density at radius 2 is 1.21 bits per heavy atom. The Balaban J connectivity index is 1.89. The maximum atomic E-state index is 6.23. The fourth-order valence-electron chi connectivity index (χ4n) is 3.83. The van der Waals surface area contributed by atoms with Crippen LogP contribution in [-0.4, -0.2) is 74.4 Å². The highest BCUT2D eigenvalue weighted by atomic mass is 28.4. The summed E-state index contributed by atoms with van der Waals surface area (Å²) >= 11 is 0. The van der Waals surface area contributed by atoms with Gasteiger partial charge in [-0.2, -0.15) is 0 Å². The molecule has 3 rings (SSSR count). The maximum Gasteiger partial charge on any atom is 0.242 e. The summed E-state index contributed by atoms with van der Waals surface area (Å²) in [5.74, 6) is 2.13. The molecule has 1 aliphatic heterocycles. The first-order chi connectivity index (χ1) is 18.2. The van der Waals surface area contributed by atoms with Crippen LogP contribution >= 0.6 is 0 Å². The van der Waals surface area contributed by atoms with E-state index in [0.29, 0.717) is 71.8 Å².